The topological polar surface area (TPSA) is 32.5 Å². The molecule has 16 heavy (non-hydrogen) atoms. The third kappa shape index (κ3) is 2.76. The highest BCUT2D eigenvalue weighted by Crippen LogP contribution is 2.30. The SMILES string of the molecule is CCN1CCC(N(C)CC2(N)CCC2)CC1. The largest absolute Gasteiger partial charge is 0.324 e. The molecule has 0 spiro atoms. The Morgan fingerprint density at radius 3 is 2.38 bits per heavy atom. The van der Waals surface area contributed by atoms with Crippen LogP contribution in [0, 0.1) is 0 Å². The third-order valence-electron chi connectivity index (χ3n) is 4.54. The number of hydrogen-bond donors (Lipinski definition) is 1. The molecule has 3 heteroatoms. The van der Waals surface area contributed by atoms with Crippen molar-refractivity contribution in [2.45, 2.75) is 50.6 Å². The highest BCUT2D eigenvalue weighted by atomic mass is 15.2. The van der Waals surface area contributed by atoms with E-state index >= 15 is 0 Å². The van der Waals surface area contributed by atoms with E-state index in [0.29, 0.717) is 0 Å². The second-order valence-corrected chi connectivity index (χ2v) is 5.80. The number of piperidine rings is 1. The Balaban J connectivity index is 1.75. The number of rotatable bonds is 4. The van der Waals surface area contributed by atoms with Crippen LogP contribution in [0.25, 0.3) is 0 Å². The average molecular weight is 225 g/mol. The zero-order chi connectivity index (χ0) is 11.6. The van der Waals surface area contributed by atoms with Gasteiger partial charge in [-0.2, -0.15) is 0 Å². The summed E-state index contributed by atoms with van der Waals surface area (Å²) in [6, 6.07) is 0.767. The van der Waals surface area contributed by atoms with Gasteiger partial charge in [-0.1, -0.05) is 6.92 Å². The standard InChI is InChI=1S/C13H27N3/c1-3-16-9-5-12(6-10-16)15(2)11-13(14)7-4-8-13/h12H,3-11,14H2,1-2H3. The number of likely N-dealkylation sites (tertiary alicyclic amines) is 1. The van der Waals surface area contributed by atoms with Crippen LogP contribution >= 0.6 is 0 Å². The van der Waals surface area contributed by atoms with Crippen molar-refractivity contribution in [2.24, 2.45) is 5.73 Å². The molecule has 0 unspecified atom stereocenters. The molecule has 0 atom stereocenters. The highest BCUT2D eigenvalue weighted by molar-refractivity contribution is 4.96. The van der Waals surface area contributed by atoms with Gasteiger partial charge in [0.25, 0.3) is 0 Å². The summed E-state index contributed by atoms with van der Waals surface area (Å²) in [7, 11) is 2.26. The minimum absolute atomic E-state index is 0.149. The summed E-state index contributed by atoms with van der Waals surface area (Å²) in [5.74, 6) is 0. The summed E-state index contributed by atoms with van der Waals surface area (Å²) < 4.78 is 0. The monoisotopic (exact) mass is 225 g/mol. The predicted octanol–water partition coefficient (Wildman–Crippen LogP) is 1.28. The summed E-state index contributed by atoms with van der Waals surface area (Å²) in [5.41, 5.74) is 6.46. The van der Waals surface area contributed by atoms with E-state index in [0.717, 1.165) is 12.6 Å². The molecule has 0 radical (unpaired) electrons. The van der Waals surface area contributed by atoms with Crippen LogP contribution in [0.2, 0.25) is 0 Å². The fourth-order valence-corrected chi connectivity index (χ4v) is 3.09. The van der Waals surface area contributed by atoms with Gasteiger partial charge in [-0.15, -0.1) is 0 Å². The van der Waals surface area contributed by atoms with Crippen molar-refractivity contribution in [1.82, 2.24) is 9.80 Å². The molecule has 2 fully saturated rings. The van der Waals surface area contributed by atoms with E-state index < -0.39 is 0 Å². The quantitative estimate of drug-likeness (QED) is 0.782. The lowest BCUT2D eigenvalue weighted by atomic mass is 9.77. The molecular weight excluding hydrogens is 198 g/mol. The molecule has 94 valence electrons. The minimum atomic E-state index is 0.149. The first kappa shape index (κ1) is 12.3. The van der Waals surface area contributed by atoms with Gasteiger partial charge in [-0.25, -0.2) is 0 Å². The van der Waals surface area contributed by atoms with Crippen molar-refractivity contribution in [3.05, 3.63) is 0 Å². The zero-order valence-corrected chi connectivity index (χ0v) is 10.9. The molecule has 0 amide bonds. The lowest BCUT2D eigenvalue weighted by Gasteiger charge is -2.44. The van der Waals surface area contributed by atoms with Gasteiger partial charge >= 0.3 is 0 Å². The maximum Gasteiger partial charge on any atom is 0.0283 e. The van der Waals surface area contributed by atoms with Gasteiger partial charge in [0.1, 0.15) is 0 Å². The summed E-state index contributed by atoms with van der Waals surface area (Å²) in [4.78, 5) is 5.07. The average Bonchev–Trinajstić information content (AvgIpc) is 2.27. The lowest BCUT2D eigenvalue weighted by molar-refractivity contribution is 0.0885. The molecule has 0 aromatic heterocycles. The van der Waals surface area contributed by atoms with Crippen molar-refractivity contribution in [2.75, 3.05) is 33.2 Å². The van der Waals surface area contributed by atoms with Gasteiger partial charge in [0.05, 0.1) is 0 Å². The van der Waals surface area contributed by atoms with Crippen molar-refractivity contribution >= 4 is 0 Å². The molecule has 2 aliphatic rings. The van der Waals surface area contributed by atoms with Crippen LogP contribution < -0.4 is 5.73 Å². The van der Waals surface area contributed by atoms with E-state index in [1.807, 2.05) is 0 Å². The second kappa shape index (κ2) is 5.03. The van der Waals surface area contributed by atoms with Crippen molar-refractivity contribution in [3.63, 3.8) is 0 Å². The Morgan fingerprint density at radius 1 is 1.31 bits per heavy atom. The Hall–Kier alpha value is -0.120. The second-order valence-electron chi connectivity index (χ2n) is 5.80. The number of nitrogens with two attached hydrogens (primary N) is 1. The molecule has 0 bridgehead atoms. The lowest BCUT2D eigenvalue weighted by Crippen LogP contribution is -2.57. The summed E-state index contributed by atoms with van der Waals surface area (Å²) >= 11 is 0. The Kier molecular flexibility index (Phi) is 3.88. The fraction of sp³-hybridized carbons (Fsp3) is 1.00. The van der Waals surface area contributed by atoms with Crippen molar-refractivity contribution in [1.29, 1.82) is 0 Å². The molecule has 0 aromatic rings. The van der Waals surface area contributed by atoms with Crippen molar-refractivity contribution in [3.8, 4) is 0 Å². The normalized spacial score (nSPS) is 27.0. The van der Waals surface area contributed by atoms with Gasteiger partial charge in [0, 0.05) is 18.1 Å². The summed E-state index contributed by atoms with van der Waals surface area (Å²) in [6.07, 6.45) is 6.43. The Morgan fingerprint density at radius 2 is 1.94 bits per heavy atom. The van der Waals surface area contributed by atoms with Crippen LogP contribution in [0.5, 0.6) is 0 Å². The molecule has 1 saturated heterocycles. The number of nitrogens with zero attached hydrogens (tertiary/aromatic N) is 2. The van der Waals surface area contributed by atoms with Crippen LogP contribution in [0.3, 0.4) is 0 Å². The summed E-state index contributed by atoms with van der Waals surface area (Å²) in [6.45, 7) is 7.10. The smallest absolute Gasteiger partial charge is 0.0283 e. The van der Waals surface area contributed by atoms with Gasteiger partial charge < -0.3 is 15.5 Å². The maximum absolute atomic E-state index is 6.31. The fourth-order valence-electron chi connectivity index (χ4n) is 3.09. The number of hydrogen-bond acceptors (Lipinski definition) is 3. The molecule has 2 N–H and O–H groups in total. The summed E-state index contributed by atoms with van der Waals surface area (Å²) in [5, 5.41) is 0. The zero-order valence-electron chi connectivity index (χ0n) is 10.9. The molecule has 1 aliphatic heterocycles. The molecular formula is C13H27N3. The molecule has 3 nitrogen and oxygen atoms in total. The van der Waals surface area contributed by atoms with Crippen molar-refractivity contribution < 1.29 is 0 Å². The first-order valence-electron chi connectivity index (χ1n) is 6.84. The number of likely N-dealkylation sites (N-methyl/N-ethyl adjacent to an activating group) is 1. The minimum Gasteiger partial charge on any atom is -0.324 e. The van der Waals surface area contributed by atoms with Crippen LogP contribution in [0.4, 0.5) is 0 Å². The van der Waals surface area contributed by atoms with E-state index in [1.165, 1.54) is 51.7 Å². The first-order chi connectivity index (χ1) is 7.63. The van der Waals surface area contributed by atoms with Gasteiger partial charge in [-0.3, -0.25) is 0 Å². The first-order valence-corrected chi connectivity index (χ1v) is 6.84. The molecule has 2 rings (SSSR count). The van der Waals surface area contributed by atoms with E-state index in [1.54, 1.807) is 0 Å². The van der Waals surface area contributed by atoms with Crippen LogP contribution in [0.1, 0.15) is 39.0 Å². The Labute approximate surface area is 100.0 Å². The third-order valence-corrected chi connectivity index (χ3v) is 4.54. The van der Waals surface area contributed by atoms with E-state index in [-0.39, 0.29) is 5.54 Å². The molecule has 1 aliphatic carbocycles. The molecule has 1 saturated carbocycles. The predicted molar refractivity (Wildman–Crippen MR) is 68.5 cm³/mol. The van der Waals surface area contributed by atoms with Crippen LogP contribution in [-0.4, -0.2) is 54.6 Å². The van der Waals surface area contributed by atoms with E-state index in [9.17, 15) is 0 Å². The van der Waals surface area contributed by atoms with Gasteiger partial charge in [-0.05, 0) is 58.8 Å². The van der Waals surface area contributed by atoms with Crippen LogP contribution in [0.15, 0.2) is 0 Å². The van der Waals surface area contributed by atoms with E-state index in [2.05, 4.69) is 23.8 Å². The molecule has 0 aromatic carbocycles. The Bertz CT molecular complexity index is 217. The van der Waals surface area contributed by atoms with Gasteiger partial charge in [0.2, 0.25) is 0 Å². The maximum atomic E-state index is 6.31. The van der Waals surface area contributed by atoms with E-state index in [4.69, 9.17) is 5.73 Å². The van der Waals surface area contributed by atoms with Gasteiger partial charge in [0.15, 0.2) is 0 Å². The highest BCUT2D eigenvalue weighted by Gasteiger charge is 2.35. The molecule has 1 heterocycles. The van der Waals surface area contributed by atoms with Crippen LogP contribution in [-0.2, 0) is 0 Å².